The second-order valence-electron chi connectivity index (χ2n) is 4.68. The molecule has 2 unspecified atom stereocenters. The van der Waals surface area contributed by atoms with Crippen LogP contribution in [0.15, 0.2) is 6.07 Å². The molecule has 2 atom stereocenters. The Bertz CT molecular complexity index is 527. The van der Waals surface area contributed by atoms with Crippen LogP contribution in [0.4, 0.5) is 0 Å². The lowest BCUT2D eigenvalue weighted by Gasteiger charge is -2.17. The molecule has 0 radical (unpaired) electrons. The predicted molar refractivity (Wildman–Crippen MR) is 71.7 cm³/mol. The maximum absolute atomic E-state index is 12.1. The number of rotatable bonds is 3. The third kappa shape index (κ3) is 2.72. The molecule has 1 aliphatic carbocycles. The Hall–Kier alpha value is -1.20. The molecule has 1 aromatic heterocycles. The number of amides is 1. The second kappa shape index (κ2) is 5.43. The fourth-order valence-corrected chi connectivity index (χ4v) is 2.81. The number of nitrogens with one attached hydrogen (secondary N) is 1. The molecule has 19 heavy (non-hydrogen) atoms. The van der Waals surface area contributed by atoms with E-state index in [1.807, 2.05) is 0 Å². The molecular weight excluding hydrogens is 291 g/mol. The van der Waals surface area contributed by atoms with E-state index in [2.05, 4.69) is 5.32 Å². The van der Waals surface area contributed by atoms with Gasteiger partial charge in [0.25, 0.3) is 5.91 Å². The number of carbonyl (C=O) groups excluding carboxylic acids is 1. The summed E-state index contributed by atoms with van der Waals surface area (Å²) in [4.78, 5) is 23.2. The standard InChI is InChI=1S/C12H14Cl2N2O3/c1-16-9(5-7(13)10(16)14)11(17)15-8-4-2-3-6(8)12(18)19/h5-6,8H,2-4H2,1H3,(H,15,17)(H,18,19). The van der Waals surface area contributed by atoms with E-state index < -0.39 is 11.9 Å². The smallest absolute Gasteiger partial charge is 0.308 e. The summed E-state index contributed by atoms with van der Waals surface area (Å²) in [6.45, 7) is 0. The van der Waals surface area contributed by atoms with Gasteiger partial charge in [-0.1, -0.05) is 29.6 Å². The van der Waals surface area contributed by atoms with Gasteiger partial charge in [0.15, 0.2) is 0 Å². The van der Waals surface area contributed by atoms with Gasteiger partial charge in [0, 0.05) is 13.1 Å². The maximum atomic E-state index is 12.1. The van der Waals surface area contributed by atoms with Crippen molar-refractivity contribution in [2.75, 3.05) is 0 Å². The number of carboxylic acid groups (broad SMARTS) is 1. The summed E-state index contributed by atoms with van der Waals surface area (Å²) in [7, 11) is 1.63. The van der Waals surface area contributed by atoms with Crippen molar-refractivity contribution in [2.45, 2.75) is 25.3 Å². The average Bonchev–Trinajstić information content (AvgIpc) is 2.90. The van der Waals surface area contributed by atoms with Crippen molar-refractivity contribution in [3.8, 4) is 0 Å². The molecule has 0 aromatic carbocycles. The first-order valence-corrected chi connectivity index (χ1v) is 6.71. The van der Waals surface area contributed by atoms with Gasteiger partial charge in [-0.25, -0.2) is 0 Å². The van der Waals surface area contributed by atoms with Crippen LogP contribution in [0.5, 0.6) is 0 Å². The summed E-state index contributed by atoms with van der Waals surface area (Å²) in [6, 6.07) is 1.14. The van der Waals surface area contributed by atoms with Crippen LogP contribution < -0.4 is 5.32 Å². The molecule has 0 spiro atoms. The molecule has 1 heterocycles. The molecule has 1 amide bonds. The van der Waals surface area contributed by atoms with Crippen LogP contribution in [-0.2, 0) is 11.8 Å². The zero-order valence-electron chi connectivity index (χ0n) is 10.3. The van der Waals surface area contributed by atoms with E-state index in [4.69, 9.17) is 28.3 Å². The van der Waals surface area contributed by atoms with Crippen molar-refractivity contribution in [1.29, 1.82) is 0 Å². The van der Waals surface area contributed by atoms with E-state index in [1.54, 1.807) is 7.05 Å². The number of carbonyl (C=O) groups is 2. The van der Waals surface area contributed by atoms with E-state index in [-0.39, 0.29) is 17.1 Å². The van der Waals surface area contributed by atoms with Gasteiger partial charge in [0.05, 0.1) is 10.9 Å². The number of aromatic nitrogens is 1. The minimum atomic E-state index is -0.870. The summed E-state index contributed by atoms with van der Waals surface area (Å²) in [5, 5.41) is 12.4. The fourth-order valence-electron chi connectivity index (χ4n) is 2.43. The molecule has 7 heteroatoms. The summed E-state index contributed by atoms with van der Waals surface area (Å²) in [6.07, 6.45) is 2.07. The largest absolute Gasteiger partial charge is 0.481 e. The maximum Gasteiger partial charge on any atom is 0.308 e. The number of aliphatic carboxylic acids is 1. The first kappa shape index (κ1) is 14.2. The number of hydrogen-bond acceptors (Lipinski definition) is 2. The Morgan fingerprint density at radius 1 is 1.42 bits per heavy atom. The molecule has 1 saturated carbocycles. The van der Waals surface area contributed by atoms with Crippen molar-refractivity contribution in [2.24, 2.45) is 13.0 Å². The monoisotopic (exact) mass is 304 g/mol. The summed E-state index contributed by atoms with van der Waals surface area (Å²) in [5.41, 5.74) is 0.325. The molecule has 0 saturated heterocycles. The van der Waals surface area contributed by atoms with Gasteiger partial charge in [0.1, 0.15) is 10.8 Å². The van der Waals surface area contributed by atoms with Crippen LogP contribution in [0, 0.1) is 5.92 Å². The zero-order valence-corrected chi connectivity index (χ0v) is 11.8. The SMILES string of the molecule is Cn1c(C(=O)NC2CCCC2C(=O)O)cc(Cl)c1Cl. The zero-order chi connectivity index (χ0) is 14.2. The van der Waals surface area contributed by atoms with Gasteiger partial charge < -0.3 is 15.0 Å². The van der Waals surface area contributed by atoms with Gasteiger partial charge in [-0.15, -0.1) is 0 Å². The van der Waals surface area contributed by atoms with Crippen LogP contribution in [0.25, 0.3) is 0 Å². The number of halogens is 2. The lowest BCUT2D eigenvalue weighted by Crippen LogP contribution is -2.40. The van der Waals surface area contributed by atoms with Crippen molar-refractivity contribution < 1.29 is 14.7 Å². The molecule has 1 aromatic rings. The first-order chi connectivity index (χ1) is 8.91. The van der Waals surface area contributed by atoms with E-state index >= 15 is 0 Å². The van der Waals surface area contributed by atoms with Gasteiger partial charge >= 0.3 is 5.97 Å². The Labute approximate surface area is 120 Å². The van der Waals surface area contributed by atoms with E-state index in [9.17, 15) is 9.59 Å². The third-order valence-corrected chi connectivity index (χ3v) is 4.34. The fraction of sp³-hybridized carbons (Fsp3) is 0.500. The third-order valence-electron chi connectivity index (χ3n) is 3.50. The Morgan fingerprint density at radius 3 is 2.63 bits per heavy atom. The Kier molecular flexibility index (Phi) is 4.06. The molecule has 104 valence electrons. The predicted octanol–water partition coefficient (Wildman–Crippen LogP) is 2.31. The second-order valence-corrected chi connectivity index (χ2v) is 5.45. The average molecular weight is 305 g/mol. The van der Waals surface area contributed by atoms with Crippen molar-refractivity contribution in [1.82, 2.24) is 9.88 Å². The number of carboxylic acids is 1. The summed E-state index contributed by atoms with van der Waals surface area (Å²) in [5.74, 6) is -1.74. The van der Waals surface area contributed by atoms with Gasteiger partial charge in [0.2, 0.25) is 0 Å². The van der Waals surface area contributed by atoms with Gasteiger partial charge in [-0.3, -0.25) is 9.59 Å². The highest BCUT2D eigenvalue weighted by Crippen LogP contribution is 2.28. The molecule has 2 N–H and O–H groups in total. The van der Waals surface area contributed by atoms with Gasteiger partial charge in [-0.2, -0.15) is 0 Å². The first-order valence-electron chi connectivity index (χ1n) is 5.96. The minimum Gasteiger partial charge on any atom is -0.481 e. The molecule has 0 bridgehead atoms. The molecule has 1 aliphatic rings. The van der Waals surface area contributed by atoms with Crippen LogP contribution in [-0.4, -0.2) is 27.6 Å². The van der Waals surface area contributed by atoms with E-state index in [0.717, 1.165) is 6.42 Å². The lowest BCUT2D eigenvalue weighted by atomic mass is 10.0. The summed E-state index contributed by atoms with van der Waals surface area (Å²) >= 11 is 11.7. The van der Waals surface area contributed by atoms with Crippen molar-refractivity contribution in [3.63, 3.8) is 0 Å². The van der Waals surface area contributed by atoms with Crippen LogP contribution in [0.2, 0.25) is 10.2 Å². The molecule has 1 fully saturated rings. The Morgan fingerprint density at radius 2 is 2.11 bits per heavy atom. The molecule has 2 rings (SSSR count). The molecule has 5 nitrogen and oxygen atoms in total. The normalized spacial score (nSPS) is 22.5. The minimum absolute atomic E-state index is 0.285. The highest BCUT2D eigenvalue weighted by molar-refractivity contribution is 6.41. The Balaban J connectivity index is 2.13. The highest BCUT2D eigenvalue weighted by atomic mass is 35.5. The number of hydrogen-bond donors (Lipinski definition) is 2. The van der Waals surface area contributed by atoms with Gasteiger partial charge in [-0.05, 0) is 18.9 Å². The van der Waals surface area contributed by atoms with E-state index in [0.29, 0.717) is 23.6 Å². The van der Waals surface area contributed by atoms with Crippen LogP contribution in [0.3, 0.4) is 0 Å². The van der Waals surface area contributed by atoms with Crippen LogP contribution >= 0.6 is 23.2 Å². The number of nitrogens with zero attached hydrogens (tertiary/aromatic N) is 1. The molecule has 0 aliphatic heterocycles. The topological polar surface area (TPSA) is 71.3 Å². The highest BCUT2D eigenvalue weighted by Gasteiger charge is 2.34. The van der Waals surface area contributed by atoms with Crippen molar-refractivity contribution >= 4 is 35.1 Å². The molecular formula is C12H14Cl2N2O3. The van der Waals surface area contributed by atoms with E-state index in [1.165, 1.54) is 10.6 Å². The van der Waals surface area contributed by atoms with Crippen LogP contribution in [0.1, 0.15) is 29.8 Å². The summed E-state index contributed by atoms with van der Waals surface area (Å²) < 4.78 is 1.48. The van der Waals surface area contributed by atoms with Crippen molar-refractivity contribution in [3.05, 3.63) is 21.9 Å². The lowest BCUT2D eigenvalue weighted by molar-refractivity contribution is -0.142. The quantitative estimate of drug-likeness (QED) is 0.900.